The number of likely N-dealkylation sites (N-methyl/N-ethyl adjacent to an activating group) is 1. The molecule has 0 aliphatic rings. The van der Waals surface area contributed by atoms with Gasteiger partial charge in [0.1, 0.15) is 12.4 Å². The number of aliphatic imine (C=N–C) groups is 1. The van der Waals surface area contributed by atoms with E-state index in [1.165, 1.54) is 4.88 Å². The van der Waals surface area contributed by atoms with Gasteiger partial charge in [0.25, 0.3) is 0 Å². The van der Waals surface area contributed by atoms with Crippen LogP contribution in [0.1, 0.15) is 15.6 Å². The van der Waals surface area contributed by atoms with Crippen LogP contribution in [0.25, 0.3) is 0 Å². The van der Waals surface area contributed by atoms with Crippen molar-refractivity contribution >= 4 is 17.3 Å². The summed E-state index contributed by atoms with van der Waals surface area (Å²) in [6.45, 7) is 6.36. The fraction of sp³-hybridized carbons (Fsp3) is 0.444. The molecule has 0 fully saturated rings. The highest BCUT2D eigenvalue weighted by molar-refractivity contribution is 7.11. The van der Waals surface area contributed by atoms with E-state index in [0.29, 0.717) is 6.61 Å². The molecule has 6 heteroatoms. The van der Waals surface area contributed by atoms with Gasteiger partial charge in [-0.15, -0.1) is 11.3 Å². The molecule has 1 heterocycles. The average molecular weight is 346 g/mol. The minimum atomic E-state index is 0.619. The Morgan fingerprint density at radius 2 is 2.04 bits per heavy atom. The number of aromatic nitrogens is 1. The average Bonchev–Trinajstić information content (AvgIpc) is 2.90. The highest BCUT2D eigenvalue weighted by Gasteiger charge is 2.08. The Hall–Kier alpha value is -2.08. The fourth-order valence-electron chi connectivity index (χ4n) is 2.40. The van der Waals surface area contributed by atoms with Gasteiger partial charge in [-0.05, 0) is 26.0 Å². The molecule has 0 radical (unpaired) electrons. The second-order valence-electron chi connectivity index (χ2n) is 5.55. The molecule has 0 aliphatic heterocycles. The Labute approximate surface area is 148 Å². The highest BCUT2D eigenvalue weighted by atomic mass is 32.1. The molecule has 0 aliphatic carbocycles. The molecule has 0 atom stereocenters. The third-order valence-electron chi connectivity index (χ3n) is 3.65. The van der Waals surface area contributed by atoms with Gasteiger partial charge in [0, 0.05) is 31.9 Å². The van der Waals surface area contributed by atoms with Crippen molar-refractivity contribution in [3.63, 3.8) is 0 Å². The zero-order chi connectivity index (χ0) is 17.4. The van der Waals surface area contributed by atoms with Gasteiger partial charge in [-0.25, -0.2) is 4.98 Å². The van der Waals surface area contributed by atoms with Gasteiger partial charge in [0.2, 0.25) is 0 Å². The number of para-hydroxylation sites is 1. The summed E-state index contributed by atoms with van der Waals surface area (Å²) >= 11 is 1.77. The van der Waals surface area contributed by atoms with E-state index in [0.717, 1.165) is 41.9 Å². The Bertz CT molecular complexity index is 654. The van der Waals surface area contributed by atoms with E-state index >= 15 is 0 Å². The monoisotopic (exact) mass is 346 g/mol. The van der Waals surface area contributed by atoms with Crippen LogP contribution < -0.4 is 10.1 Å². The lowest BCUT2D eigenvalue weighted by Crippen LogP contribution is -2.41. The number of guanidine groups is 1. The van der Waals surface area contributed by atoms with E-state index in [4.69, 9.17) is 4.74 Å². The summed E-state index contributed by atoms with van der Waals surface area (Å²) in [6.07, 6.45) is 0.963. The molecular weight excluding hydrogens is 320 g/mol. The van der Waals surface area contributed by atoms with Crippen LogP contribution in [0.3, 0.4) is 0 Å². The predicted octanol–water partition coefficient (Wildman–Crippen LogP) is 2.89. The third kappa shape index (κ3) is 5.53. The zero-order valence-electron chi connectivity index (χ0n) is 14.9. The Morgan fingerprint density at radius 1 is 1.29 bits per heavy atom. The number of benzene rings is 1. The molecule has 2 rings (SSSR count). The number of rotatable bonds is 7. The largest absolute Gasteiger partial charge is 0.492 e. The predicted molar refractivity (Wildman–Crippen MR) is 101 cm³/mol. The summed E-state index contributed by atoms with van der Waals surface area (Å²) in [5.74, 6) is 1.77. The summed E-state index contributed by atoms with van der Waals surface area (Å²) in [5, 5.41) is 4.53. The normalized spacial score (nSPS) is 11.4. The van der Waals surface area contributed by atoms with Crippen LogP contribution >= 0.6 is 11.3 Å². The molecular formula is C18H26N4OS. The van der Waals surface area contributed by atoms with Gasteiger partial charge in [0.15, 0.2) is 5.96 Å². The van der Waals surface area contributed by atoms with E-state index in [1.807, 2.05) is 44.3 Å². The summed E-state index contributed by atoms with van der Waals surface area (Å²) in [7, 11) is 3.82. The van der Waals surface area contributed by atoms with Crippen LogP contribution in [0.15, 0.2) is 35.3 Å². The van der Waals surface area contributed by atoms with Crippen LogP contribution in [-0.4, -0.2) is 49.6 Å². The molecule has 0 amide bonds. The van der Waals surface area contributed by atoms with E-state index < -0.39 is 0 Å². The summed E-state index contributed by atoms with van der Waals surface area (Å²) in [6, 6.07) is 9.86. The summed E-state index contributed by atoms with van der Waals surface area (Å²) in [5.41, 5.74) is 1.14. The van der Waals surface area contributed by atoms with Crippen molar-refractivity contribution in [3.8, 4) is 5.75 Å². The summed E-state index contributed by atoms with van der Waals surface area (Å²) in [4.78, 5) is 12.2. The molecule has 24 heavy (non-hydrogen) atoms. The molecule has 0 unspecified atom stereocenters. The first kappa shape index (κ1) is 18.3. The lowest BCUT2D eigenvalue weighted by Gasteiger charge is -2.22. The minimum absolute atomic E-state index is 0.619. The molecule has 5 nitrogen and oxygen atoms in total. The second-order valence-corrected chi connectivity index (χ2v) is 6.84. The topological polar surface area (TPSA) is 49.8 Å². The number of ether oxygens (including phenoxy) is 1. The van der Waals surface area contributed by atoms with Gasteiger partial charge in [0.05, 0.1) is 17.2 Å². The molecule has 0 spiro atoms. The van der Waals surface area contributed by atoms with Crippen molar-refractivity contribution < 1.29 is 4.74 Å². The first-order chi connectivity index (χ1) is 11.6. The Kier molecular flexibility index (Phi) is 7.06. The van der Waals surface area contributed by atoms with Crippen LogP contribution in [0, 0.1) is 13.8 Å². The second kappa shape index (κ2) is 9.27. The lowest BCUT2D eigenvalue weighted by molar-refractivity contribution is 0.281. The van der Waals surface area contributed by atoms with Gasteiger partial charge in [-0.1, -0.05) is 18.2 Å². The SMILES string of the molecule is CN=C(NCCc1sc(C)nc1C)N(C)CCOc1ccccc1. The van der Waals surface area contributed by atoms with Gasteiger partial charge in [-0.3, -0.25) is 4.99 Å². The fourth-order valence-corrected chi connectivity index (χ4v) is 3.34. The van der Waals surface area contributed by atoms with E-state index in [9.17, 15) is 0 Å². The molecule has 1 aromatic carbocycles. The maximum Gasteiger partial charge on any atom is 0.193 e. The number of thiazole rings is 1. The Balaban J connectivity index is 1.73. The van der Waals surface area contributed by atoms with E-state index in [-0.39, 0.29) is 0 Å². The standard InChI is InChI=1S/C18H26N4OS/c1-14-17(24-15(2)21-14)10-11-20-18(19-3)22(4)12-13-23-16-8-6-5-7-9-16/h5-9H,10-13H2,1-4H3,(H,19,20). The van der Waals surface area contributed by atoms with Crippen molar-refractivity contribution in [2.75, 3.05) is 33.8 Å². The van der Waals surface area contributed by atoms with E-state index in [1.54, 1.807) is 18.4 Å². The van der Waals surface area contributed by atoms with Crippen molar-refractivity contribution in [3.05, 3.63) is 45.9 Å². The van der Waals surface area contributed by atoms with E-state index in [2.05, 4.69) is 27.1 Å². The van der Waals surface area contributed by atoms with Crippen LogP contribution in [0.5, 0.6) is 5.75 Å². The molecule has 130 valence electrons. The van der Waals surface area contributed by atoms with Crippen LogP contribution in [0.4, 0.5) is 0 Å². The van der Waals surface area contributed by atoms with Crippen molar-refractivity contribution in [2.45, 2.75) is 20.3 Å². The van der Waals surface area contributed by atoms with Crippen LogP contribution in [-0.2, 0) is 6.42 Å². The highest BCUT2D eigenvalue weighted by Crippen LogP contribution is 2.17. The molecule has 0 saturated carbocycles. The molecule has 0 saturated heterocycles. The maximum atomic E-state index is 5.73. The van der Waals surface area contributed by atoms with Gasteiger partial charge in [-0.2, -0.15) is 0 Å². The minimum Gasteiger partial charge on any atom is -0.492 e. The number of aryl methyl sites for hydroxylation is 2. The molecule has 0 bridgehead atoms. The smallest absolute Gasteiger partial charge is 0.193 e. The van der Waals surface area contributed by atoms with Gasteiger partial charge < -0.3 is 15.0 Å². The molecule has 2 aromatic rings. The molecule has 1 aromatic heterocycles. The Morgan fingerprint density at radius 3 is 2.67 bits per heavy atom. The van der Waals surface area contributed by atoms with Crippen molar-refractivity contribution in [2.24, 2.45) is 4.99 Å². The first-order valence-electron chi connectivity index (χ1n) is 8.12. The van der Waals surface area contributed by atoms with Crippen molar-refractivity contribution in [1.82, 2.24) is 15.2 Å². The number of nitrogens with zero attached hydrogens (tertiary/aromatic N) is 3. The number of nitrogens with one attached hydrogen (secondary N) is 1. The number of hydrogen-bond acceptors (Lipinski definition) is 4. The molecule has 1 N–H and O–H groups in total. The van der Waals surface area contributed by atoms with Crippen molar-refractivity contribution in [1.29, 1.82) is 0 Å². The maximum absolute atomic E-state index is 5.73. The first-order valence-corrected chi connectivity index (χ1v) is 8.94. The number of hydrogen-bond donors (Lipinski definition) is 1. The quantitative estimate of drug-likeness (QED) is 0.619. The van der Waals surface area contributed by atoms with Crippen LogP contribution in [0.2, 0.25) is 0 Å². The third-order valence-corrected chi connectivity index (χ3v) is 4.78. The lowest BCUT2D eigenvalue weighted by atomic mass is 10.3. The zero-order valence-corrected chi connectivity index (χ0v) is 15.7. The van der Waals surface area contributed by atoms with Gasteiger partial charge >= 0.3 is 0 Å². The summed E-state index contributed by atoms with van der Waals surface area (Å²) < 4.78 is 5.73.